The molecular formula is C20H28N6O4. The number of hydrogen-bond acceptors (Lipinski definition) is 7. The Bertz CT molecular complexity index is 870. The largest absolute Gasteiger partial charge is 0.480 e. The van der Waals surface area contributed by atoms with E-state index in [1.54, 1.807) is 0 Å². The molecule has 2 aromatic heterocycles. The summed E-state index contributed by atoms with van der Waals surface area (Å²) in [7, 11) is 1.50. The van der Waals surface area contributed by atoms with Gasteiger partial charge in [-0.25, -0.2) is 9.78 Å². The summed E-state index contributed by atoms with van der Waals surface area (Å²) in [6.07, 6.45) is 5.99. The van der Waals surface area contributed by atoms with Gasteiger partial charge in [0.15, 0.2) is 5.82 Å². The highest BCUT2D eigenvalue weighted by molar-refractivity contribution is 5.91. The van der Waals surface area contributed by atoms with Crippen LogP contribution in [0.25, 0.3) is 0 Å². The Kier molecular flexibility index (Phi) is 7.21. The third kappa shape index (κ3) is 5.91. The fourth-order valence-electron chi connectivity index (χ4n) is 3.39. The van der Waals surface area contributed by atoms with Crippen molar-refractivity contribution in [1.29, 1.82) is 0 Å². The molecule has 10 heteroatoms. The highest BCUT2D eigenvalue weighted by atomic mass is 16.6. The molecule has 0 aromatic carbocycles. The summed E-state index contributed by atoms with van der Waals surface area (Å²) in [6, 6.07) is 1.90. The number of amides is 2. The van der Waals surface area contributed by atoms with Crippen LogP contribution in [0.1, 0.15) is 56.8 Å². The summed E-state index contributed by atoms with van der Waals surface area (Å²) in [5, 5.41) is 12.9. The van der Waals surface area contributed by atoms with Crippen LogP contribution in [0.2, 0.25) is 0 Å². The number of H-pyrrole nitrogens is 1. The molecule has 1 aliphatic rings. The van der Waals surface area contributed by atoms with Crippen molar-refractivity contribution in [2.45, 2.75) is 64.0 Å². The van der Waals surface area contributed by atoms with Crippen LogP contribution in [0.15, 0.2) is 18.5 Å². The molecule has 1 fully saturated rings. The minimum atomic E-state index is -0.367. The highest BCUT2D eigenvalue weighted by Gasteiger charge is 2.29. The molecular weight excluding hydrogens is 388 g/mol. The molecule has 0 saturated heterocycles. The predicted molar refractivity (Wildman–Crippen MR) is 109 cm³/mol. The number of hydrogen-bond donors (Lipinski definition) is 3. The zero-order valence-electron chi connectivity index (χ0n) is 17.5. The van der Waals surface area contributed by atoms with Crippen molar-refractivity contribution in [1.82, 2.24) is 25.5 Å². The number of alkyl carbamates (subject to hydrolysis) is 1. The van der Waals surface area contributed by atoms with Crippen LogP contribution < -0.4 is 15.4 Å². The van der Waals surface area contributed by atoms with Crippen molar-refractivity contribution in [3.05, 3.63) is 29.8 Å². The number of nitrogens with zero attached hydrogens (tertiary/aromatic N) is 3. The number of ether oxygens (including phenoxy) is 2. The van der Waals surface area contributed by atoms with E-state index in [-0.39, 0.29) is 36.5 Å². The topological polar surface area (TPSA) is 131 Å². The molecule has 3 N–H and O–H groups in total. The highest BCUT2D eigenvalue weighted by Crippen LogP contribution is 2.34. The van der Waals surface area contributed by atoms with Crippen molar-refractivity contribution in [3.63, 3.8) is 0 Å². The van der Waals surface area contributed by atoms with Crippen LogP contribution >= 0.6 is 0 Å². The van der Waals surface area contributed by atoms with E-state index in [2.05, 4.69) is 30.8 Å². The number of anilines is 1. The van der Waals surface area contributed by atoms with E-state index < -0.39 is 0 Å². The molecule has 3 rings (SSSR count). The summed E-state index contributed by atoms with van der Waals surface area (Å²) in [5.74, 6) is 0.814. The standard InChI is InChI=1S/C20H28N6O4/c1-4-12(2)30-20(28)23-14-6-5-13(7-14)16-9-17(26-25-16)24-18(27)8-15-10-21-11-19(22-15)29-3/h9-14H,4-8H2,1-3H3,(H,23,28)(H2,24,25,26,27). The first kappa shape index (κ1) is 21.5. The third-order valence-electron chi connectivity index (χ3n) is 5.16. The number of carbonyl (C=O) groups is 2. The number of aromatic amines is 1. The van der Waals surface area contributed by atoms with Crippen LogP contribution in [0.5, 0.6) is 5.88 Å². The summed E-state index contributed by atoms with van der Waals surface area (Å²) < 4.78 is 10.3. The Morgan fingerprint density at radius 2 is 2.17 bits per heavy atom. The molecule has 3 unspecified atom stereocenters. The lowest BCUT2D eigenvalue weighted by Gasteiger charge is -2.16. The monoisotopic (exact) mass is 416 g/mol. The first-order valence-corrected chi connectivity index (χ1v) is 10.1. The zero-order valence-corrected chi connectivity index (χ0v) is 17.5. The van der Waals surface area contributed by atoms with Gasteiger partial charge in [0, 0.05) is 29.9 Å². The minimum Gasteiger partial charge on any atom is -0.480 e. The van der Waals surface area contributed by atoms with E-state index in [1.807, 2.05) is 19.9 Å². The summed E-state index contributed by atoms with van der Waals surface area (Å²) >= 11 is 0. The molecule has 3 atom stereocenters. The van der Waals surface area contributed by atoms with Gasteiger partial charge in [0.2, 0.25) is 11.8 Å². The van der Waals surface area contributed by atoms with Crippen LogP contribution in [-0.4, -0.2) is 51.4 Å². The van der Waals surface area contributed by atoms with E-state index in [4.69, 9.17) is 9.47 Å². The van der Waals surface area contributed by atoms with Gasteiger partial charge >= 0.3 is 6.09 Å². The van der Waals surface area contributed by atoms with Gasteiger partial charge < -0.3 is 20.1 Å². The Balaban J connectivity index is 1.49. The van der Waals surface area contributed by atoms with E-state index in [0.717, 1.165) is 31.4 Å². The van der Waals surface area contributed by atoms with Crippen LogP contribution in [0.4, 0.5) is 10.6 Å². The Hall–Kier alpha value is -3.17. The number of nitrogens with one attached hydrogen (secondary N) is 3. The Morgan fingerprint density at radius 1 is 1.33 bits per heavy atom. The SMILES string of the molecule is CCC(C)OC(=O)NC1CCC(c2cc(NC(=O)Cc3cncc(OC)n3)n[nH]2)C1. The van der Waals surface area contributed by atoms with E-state index in [9.17, 15) is 9.59 Å². The van der Waals surface area contributed by atoms with Gasteiger partial charge in [-0.05, 0) is 32.6 Å². The second-order valence-electron chi connectivity index (χ2n) is 7.46. The predicted octanol–water partition coefficient (Wildman–Crippen LogP) is 2.55. The van der Waals surface area contributed by atoms with Gasteiger partial charge in [0.05, 0.1) is 25.4 Å². The van der Waals surface area contributed by atoms with E-state index in [1.165, 1.54) is 19.5 Å². The van der Waals surface area contributed by atoms with Crippen LogP contribution in [0.3, 0.4) is 0 Å². The maximum atomic E-state index is 12.3. The molecule has 1 aliphatic carbocycles. The molecule has 0 radical (unpaired) electrons. The average molecular weight is 416 g/mol. The van der Waals surface area contributed by atoms with Gasteiger partial charge in [0.25, 0.3) is 0 Å². The lowest BCUT2D eigenvalue weighted by Crippen LogP contribution is -2.35. The molecule has 0 spiro atoms. The second-order valence-corrected chi connectivity index (χ2v) is 7.46. The molecule has 0 bridgehead atoms. The first-order valence-electron chi connectivity index (χ1n) is 10.1. The summed E-state index contributed by atoms with van der Waals surface area (Å²) in [6.45, 7) is 3.85. The third-order valence-corrected chi connectivity index (χ3v) is 5.16. The first-order chi connectivity index (χ1) is 14.5. The van der Waals surface area contributed by atoms with Crippen molar-refractivity contribution in [2.24, 2.45) is 0 Å². The molecule has 0 aliphatic heterocycles. The van der Waals surface area contributed by atoms with E-state index in [0.29, 0.717) is 17.4 Å². The number of rotatable bonds is 8. The molecule has 2 aromatic rings. The summed E-state index contributed by atoms with van der Waals surface area (Å²) in [5.41, 5.74) is 1.45. The molecule has 2 amide bonds. The van der Waals surface area contributed by atoms with E-state index >= 15 is 0 Å². The maximum Gasteiger partial charge on any atom is 0.407 e. The van der Waals surface area contributed by atoms with Crippen molar-refractivity contribution in [3.8, 4) is 5.88 Å². The second kappa shape index (κ2) is 10.0. The van der Waals surface area contributed by atoms with Crippen LogP contribution in [-0.2, 0) is 16.0 Å². The number of methoxy groups -OCH3 is 1. The maximum absolute atomic E-state index is 12.3. The average Bonchev–Trinajstić information content (AvgIpc) is 3.37. The molecule has 162 valence electrons. The van der Waals surface area contributed by atoms with Crippen molar-refractivity contribution >= 4 is 17.8 Å². The fraction of sp³-hybridized carbons (Fsp3) is 0.550. The lowest BCUT2D eigenvalue weighted by molar-refractivity contribution is -0.115. The van der Waals surface area contributed by atoms with Crippen molar-refractivity contribution in [2.75, 3.05) is 12.4 Å². The van der Waals surface area contributed by atoms with Gasteiger partial charge in [-0.15, -0.1) is 0 Å². The number of carbonyl (C=O) groups excluding carboxylic acids is 2. The quantitative estimate of drug-likeness (QED) is 0.602. The normalized spacial score (nSPS) is 19.2. The summed E-state index contributed by atoms with van der Waals surface area (Å²) in [4.78, 5) is 32.3. The Morgan fingerprint density at radius 3 is 2.93 bits per heavy atom. The van der Waals surface area contributed by atoms with Gasteiger partial charge in [-0.1, -0.05) is 6.92 Å². The minimum absolute atomic E-state index is 0.0690. The van der Waals surface area contributed by atoms with Gasteiger partial charge in [0.1, 0.15) is 6.10 Å². The van der Waals surface area contributed by atoms with Gasteiger partial charge in [-0.2, -0.15) is 5.10 Å². The van der Waals surface area contributed by atoms with Gasteiger partial charge in [-0.3, -0.25) is 14.9 Å². The molecule has 10 nitrogen and oxygen atoms in total. The fourth-order valence-corrected chi connectivity index (χ4v) is 3.39. The Labute approximate surface area is 175 Å². The molecule has 2 heterocycles. The smallest absolute Gasteiger partial charge is 0.407 e. The lowest BCUT2D eigenvalue weighted by atomic mass is 10.0. The number of aromatic nitrogens is 4. The molecule has 30 heavy (non-hydrogen) atoms. The molecule has 1 saturated carbocycles. The zero-order chi connectivity index (χ0) is 21.5. The van der Waals surface area contributed by atoms with Crippen molar-refractivity contribution < 1.29 is 19.1 Å². The van der Waals surface area contributed by atoms with Crippen LogP contribution in [0, 0.1) is 0 Å².